The lowest BCUT2D eigenvalue weighted by atomic mass is 9.86. The molecule has 0 aromatic heterocycles. The Labute approximate surface area is 110 Å². The van der Waals surface area contributed by atoms with Crippen LogP contribution in [0, 0.1) is 0 Å². The van der Waals surface area contributed by atoms with Crippen LogP contribution in [0.5, 0.6) is 0 Å². The largest absolute Gasteiger partial charge is 0.393 e. The molecule has 1 aromatic carbocycles. The van der Waals surface area contributed by atoms with Crippen LogP contribution in [0.2, 0.25) is 0 Å². The summed E-state index contributed by atoms with van der Waals surface area (Å²) in [5, 5.41) is 10.2. The van der Waals surface area contributed by atoms with E-state index in [0.29, 0.717) is 5.92 Å². The monoisotopic (exact) mass is 247 g/mol. The van der Waals surface area contributed by atoms with Crippen LogP contribution < -0.4 is 5.73 Å². The van der Waals surface area contributed by atoms with Gasteiger partial charge in [-0.3, -0.25) is 0 Å². The van der Waals surface area contributed by atoms with Gasteiger partial charge in [-0.2, -0.15) is 0 Å². The van der Waals surface area contributed by atoms with Crippen LogP contribution in [0.1, 0.15) is 56.9 Å². The van der Waals surface area contributed by atoms with Gasteiger partial charge < -0.3 is 10.8 Å². The third-order valence-electron chi connectivity index (χ3n) is 4.24. The molecule has 2 nitrogen and oxygen atoms in total. The van der Waals surface area contributed by atoms with E-state index in [1.54, 1.807) is 0 Å². The van der Waals surface area contributed by atoms with Gasteiger partial charge in [-0.25, -0.2) is 0 Å². The van der Waals surface area contributed by atoms with Crippen LogP contribution in [-0.4, -0.2) is 16.7 Å². The van der Waals surface area contributed by atoms with Crippen molar-refractivity contribution in [3.8, 4) is 0 Å². The molecular formula is C16H25NO. The van der Waals surface area contributed by atoms with Gasteiger partial charge in [-0.1, -0.05) is 50.1 Å². The van der Waals surface area contributed by atoms with Crippen LogP contribution in [0.25, 0.3) is 0 Å². The summed E-state index contributed by atoms with van der Waals surface area (Å²) >= 11 is 0. The fourth-order valence-electron chi connectivity index (χ4n) is 3.16. The van der Waals surface area contributed by atoms with Crippen molar-refractivity contribution >= 4 is 0 Å². The predicted octanol–water partition coefficient (Wildman–Crippen LogP) is 3.20. The maximum atomic E-state index is 10.2. The molecule has 0 aliphatic heterocycles. The normalized spacial score (nSPS) is 21.7. The Morgan fingerprint density at radius 3 is 2.44 bits per heavy atom. The summed E-state index contributed by atoms with van der Waals surface area (Å²) in [4.78, 5) is 0. The molecule has 100 valence electrons. The molecule has 2 heteroatoms. The van der Waals surface area contributed by atoms with Gasteiger partial charge in [0.2, 0.25) is 0 Å². The van der Waals surface area contributed by atoms with Crippen molar-refractivity contribution in [3.05, 3.63) is 35.9 Å². The number of benzene rings is 1. The zero-order valence-electron chi connectivity index (χ0n) is 11.3. The average molecular weight is 247 g/mol. The number of nitrogens with two attached hydrogens (primary N) is 1. The number of rotatable bonds is 5. The zero-order chi connectivity index (χ0) is 13.0. The minimum Gasteiger partial charge on any atom is -0.393 e. The van der Waals surface area contributed by atoms with E-state index < -0.39 is 0 Å². The third kappa shape index (κ3) is 3.56. The smallest absolute Gasteiger partial charge is 0.0563 e. The highest BCUT2D eigenvalue weighted by molar-refractivity contribution is 5.18. The highest BCUT2D eigenvalue weighted by atomic mass is 16.3. The van der Waals surface area contributed by atoms with E-state index in [1.165, 1.54) is 18.4 Å². The van der Waals surface area contributed by atoms with Crippen LogP contribution in [-0.2, 0) is 0 Å². The SMILES string of the molecule is CC(CC(O)CC1(N)CCCC1)c1ccccc1. The maximum Gasteiger partial charge on any atom is 0.0563 e. The molecule has 0 radical (unpaired) electrons. The van der Waals surface area contributed by atoms with Gasteiger partial charge in [0.15, 0.2) is 0 Å². The summed E-state index contributed by atoms with van der Waals surface area (Å²) in [5.74, 6) is 0.395. The lowest BCUT2D eigenvalue weighted by Gasteiger charge is -2.28. The molecule has 2 atom stereocenters. The summed E-state index contributed by atoms with van der Waals surface area (Å²) in [7, 11) is 0. The van der Waals surface area contributed by atoms with Crippen LogP contribution in [0.15, 0.2) is 30.3 Å². The van der Waals surface area contributed by atoms with E-state index in [1.807, 2.05) is 6.07 Å². The summed E-state index contributed by atoms with van der Waals surface area (Å²) in [6.07, 6.45) is 5.87. The van der Waals surface area contributed by atoms with Crippen LogP contribution >= 0.6 is 0 Å². The van der Waals surface area contributed by atoms with E-state index in [-0.39, 0.29) is 11.6 Å². The van der Waals surface area contributed by atoms with Gasteiger partial charge in [-0.15, -0.1) is 0 Å². The fraction of sp³-hybridized carbons (Fsp3) is 0.625. The Morgan fingerprint density at radius 1 is 1.22 bits per heavy atom. The van der Waals surface area contributed by atoms with E-state index in [2.05, 4.69) is 31.2 Å². The number of aliphatic hydroxyl groups is 1. The third-order valence-corrected chi connectivity index (χ3v) is 4.24. The molecule has 1 saturated carbocycles. The second kappa shape index (κ2) is 5.85. The Kier molecular flexibility index (Phi) is 4.41. The molecule has 1 aliphatic rings. The molecule has 3 N–H and O–H groups in total. The Morgan fingerprint density at radius 2 is 1.83 bits per heavy atom. The highest BCUT2D eigenvalue weighted by Crippen LogP contribution is 2.33. The van der Waals surface area contributed by atoms with Crippen molar-refractivity contribution in [1.29, 1.82) is 0 Å². The Bertz CT molecular complexity index is 357. The number of hydrogen-bond acceptors (Lipinski definition) is 2. The second-order valence-corrected chi connectivity index (χ2v) is 5.97. The molecule has 0 bridgehead atoms. The first-order valence-corrected chi connectivity index (χ1v) is 7.11. The number of aliphatic hydroxyl groups excluding tert-OH is 1. The predicted molar refractivity (Wildman–Crippen MR) is 75.5 cm³/mol. The van der Waals surface area contributed by atoms with Crippen molar-refractivity contribution in [1.82, 2.24) is 0 Å². The molecule has 1 fully saturated rings. The van der Waals surface area contributed by atoms with Crippen LogP contribution in [0.4, 0.5) is 0 Å². The first kappa shape index (κ1) is 13.6. The highest BCUT2D eigenvalue weighted by Gasteiger charge is 2.31. The second-order valence-electron chi connectivity index (χ2n) is 5.97. The van der Waals surface area contributed by atoms with Crippen molar-refractivity contribution in [3.63, 3.8) is 0 Å². The average Bonchev–Trinajstić information content (AvgIpc) is 2.76. The molecule has 0 amide bonds. The van der Waals surface area contributed by atoms with E-state index in [0.717, 1.165) is 25.7 Å². The van der Waals surface area contributed by atoms with Crippen molar-refractivity contribution in [2.75, 3.05) is 0 Å². The molecule has 18 heavy (non-hydrogen) atoms. The van der Waals surface area contributed by atoms with Gasteiger partial charge in [0.25, 0.3) is 0 Å². The van der Waals surface area contributed by atoms with E-state index in [4.69, 9.17) is 5.73 Å². The molecule has 2 rings (SSSR count). The molecule has 1 aromatic rings. The molecular weight excluding hydrogens is 222 g/mol. The van der Waals surface area contributed by atoms with Crippen molar-refractivity contribution in [2.45, 2.75) is 63.0 Å². The molecule has 2 unspecified atom stereocenters. The van der Waals surface area contributed by atoms with Gasteiger partial charge >= 0.3 is 0 Å². The first-order chi connectivity index (χ1) is 8.59. The summed E-state index contributed by atoms with van der Waals surface area (Å²) < 4.78 is 0. The lowest BCUT2D eigenvalue weighted by molar-refractivity contribution is 0.118. The standard InChI is InChI=1S/C16H25NO/c1-13(14-7-3-2-4-8-14)11-15(18)12-16(17)9-5-6-10-16/h2-4,7-8,13,15,18H,5-6,9-12,17H2,1H3. The Hall–Kier alpha value is -0.860. The molecule has 0 heterocycles. The fourth-order valence-corrected chi connectivity index (χ4v) is 3.16. The lowest BCUT2D eigenvalue weighted by Crippen LogP contribution is -2.40. The van der Waals surface area contributed by atoms with Gasteiger partial charge in [0.1, 0.15) is 0 Å². The topological polar surface area (TPSA) is 46.2 Å². The summed E-state index contributed by atoms with van der Waals surface area (Å²) in [6.45, 7) is 2.18. The molecule has 0 saturated heterocycles. The van der Waals surface area contributed by atoms with E-state index >= 15 is 0 Å². The van der Waals surface area contributed by atoms with Gasteiger partial charge in [-0.05, 0) is 37.2 Å². The molecule has 0 spiro atoms. The number of hydrogen-bond donors (Lipinski definition) is 2. The Balaban J connectivity index is 1.85. The van der Waals surface area contributed by atoms with E-state index in [9.17, 15) is 5.11 Å². The quantitative estimate of drug-likeness (QED) is 0.839. The first-order valence-electron chi connectivity index (χ1n) is 7.11. The minimum atomic E-state index is -0.275. The van der Waals surface area contributed by atoms with Crippen molar-refractivity contribution < 1.29 is 5.11 Å². The van der Waals surface area contributed by atoms with Gasteiger partial charge in [0.05, 0.1) is 6.10 Å². The summed E-state index contributed by atoms with van der Waals surface area (Å²) in [5.41, 5.74) is 7.51. The zero-order valence-corrected chi connectivity index (χ0v) is 11.3. The van der Waals surface area contributed by atoms with Gasteiger partial charge in [0, 0.05) is 5.54 Å². The van der Waals surface area contributed by atoms with Crippen molar-refractivity contribution in [2.24, 2.45) is 5.73 Å². The molecule has 1 aliphatic carbocycles. The maximum absolute atomic E-state index is 10.2. The summed E-state index contributed by atoms with van der Waals surface area (Å²) in [6, 6.07) is 10.4. The van der Waals surface area contributed by atoms with Crippen LogP contribution in [0.3, 0.4) is 0 Å². The minimum absolute atomic E-state index is 0.101.